The molecule has 2 heterocycles. The molecule has 0 bridgehead atoms. The number of halogens is 1. The zero-order chi connectivity index (χ0) is 17.1. The van der Waals surface area contributed by atoms with E-state index in [4.69, 9.17) is 4.98 Å². The number of aryl methyl sites for hydroxylation is 1. The summed E-state index contributed by atoms with van der Waals surface area (Å²) in [4.78, 5) is 8.92. The Labute approximate surface area is 142 Å². The molecule has 1 atom stereocenters. The van der Waals surface area contributed by atoms with Crippen molar-refractivity contribution in [2.45, 2.75) is 33.1 Å². The van der Waals surface area contributed by atoms with Crippen LogP contribution in [0.1, 0.15) is 36.7 Å². The Bertz CT molecular complexity index is 861. The van der Waals surface area contributed by atoms with Gasteiger partial charge in [-0.15, -0.1) is 0 Å². The van der Waals surface area contributed by atoms with Gasteiger partial charge in [-0.1, -0.05) is 32.0 Å². The lowest BCUT2D eigenvalue weighted by atomic mass is 10.0. The monoisotopic (exact) mass is 323 g/mol. The van der Waals surface area contributed by atoms with Gasteiger partial charge in [0.1, 0.15) is 5.82 Å². The first-order chi connectivity index (χ1) is 11.6. The van der Waals surface area contributed by atoms with Crippen molar-refractivity contribution in [2.24, 2.45) is 0 Å². The van der Waals surface area contributed by atoms with Gasteiger partial charge in [-0.2, -0.15) is 0 Å². The first-order valence-corrected chi connectivity index (χ1v) is 8.34. The highest BCUT2D eigenvalue weighted by molar-refractivity contribution is 5.93. The number of nitrogens with zero attached hydrogens (tertiary/aromatic N) is 2. The van der Waals surface area contributed by atoms with E-state index in [2.05, 4.69) is 30.2 Å². The van der Waals surface area contributed by atoms with Gasteiger partial charge in [-0.3, -0.25) is 9.97 Å². The lowest BCUT2D eigenvalue weighted by Gasteiger charge is -2.18. The minimum atomic E-state index is -0.252. The molecule has 3 nitrogen and oxygen atoms in total. The number of hydrogen-bond acceptors (Lipinski definition) is 3. The van der Waals surface area contributed by atoms with Crippen LogP contribution in [0.25, 0.3) is 10.9 Å². The number of aromatic nitrogens is 2. The van der Waals surface area contributed by atoms with Crippen molar-refractivity contribution in [1.29, 1.82) is 0 Å². The van der Waals surface area contributed by atoms with E-state index in [-0.39, 0.29) is 11.7 Å². The SMILES string of the molecule is CCc1nc2ccccc2c(NCC(C)c2ncccc2F)c1C. The topological polar surface area (TPSA) is 37.8 Å². The molecule has 0 saturated heterocycles. The Balaban J connectivity index is 1.92. The largest absolute Gasteiger partial charge is 0.384 e. The Kier molecular flexibility index (Phi) is 4.74. The van der Waals surface area contributed by atoms with Gasteiger partial charge in [-0.25, -0.2) is 4.39 Å². The third kappa shape index (κ3) is 3.09. The summed E-state index contributed by atoms with van der Waals surface area (Å²) in [6, 6.07) is 11.2. The summed E-state index contributed by atoms with van der Waals surface area (Å²) in [6.07, 6.45) is 2.52. The Morgan fingerprint density at radius 2 is 1.96 bits per heavy atom. The number of rotatable bonds is 5. The van der Waals surface area contributed by atoms with Gasteiger partial charge in [0.25, 0.3) is 0 Å². The molecule has 3 aromatic rings. The van der Waals surface area contributed by atoms with Gasteiger partial charge >= 0.3 is 0 Å². The van der Waals surface area contributed by atoms with E-state index in [1.807, 2.05) is 25.1 Å². The third-order valence-electron chi connectivity index (χ3n) is 4.41. The van der Waals surface area contributed by atoms with E-state index >= 15 is 0 Å². The van der Waals surface area contributed by atoms with Crippen LogP contribution in [0.5, 0.6) is 0 Å². The van der Waals surface area contributed by atoms with Crippen molar-refractivity contribution < 1.29 is 4.39 Å². The molecule has 24 heavy (non-hydrogen) atoms. The maximum atomic E-state index is 13.9. The van der Waals surface area contributed by atoms with Gasteiger partial charge in [0, 0.05) is 35.4 Å². The summed E-state index contributed by atoms with van der Waals surface area (Å²) >= 11 is 0. The van der Waals surface area contributed by atoms with Crippen molar-refractivity contribution >= 4 is 16.6 Å². The van der Waals surface area contributed by atoms with Crippen LogP contribution in [0.2, 0.25) is 0 Å². The molecule has 124 valence electrons. The third-order valence-corrected chi connectivity index (χ3v) is 4.41. The maximum Gasteiger partial charge on any atom is 0.145 e. The van der Waals surface area contributed by atoms with E-state index in [1.54, 1.807) is 12.3 Å². The summed E-state index contributed by atoms with van der Waals surface area (Å²) in [5, 5.41) is 4.61. The summed E-state index contributed by atoms with van der Waals surface area (Å²) in [7, 11) is 0. The minimum absolute atomic E-state index is 0.0254. The summed E-state index contributed by atoms with van der Waals surface area (Å²) in [5.41, 5.74) is 4.81. The number of fused-ring (bicyclic) bond motifs is 1. The van der Waals surface area contributed by atoms with Gasteiger partial charge in [-0.05, 0) is 37.1 Å². The quantitative estimate of drug-likeness (QED) is 0.729. The zero-order valence-corrected chi connectivity index (χ0v) is 14.3. The van der Waals surface area contributed by atoms with Gasteiger partial charge in [0.15, 0.2) is 0 Å². The molecule has 3 rings (SSSR count). The van der Waals surface area contributed by atoms with E-state index in [9.17, 15) is 4.39 Å². The van der Waals surface area contributed by atoms with Crippen LogP contribution in [-0.4, -0.2) is 16.5 Å². The first-order valence-electron chi connectivity index (χ1n) is 8.34. The van der Waals surface area contributed by atoms with E-state index in [0.717, 1.165) is 34.3 Å². The molecule has 1 unspecified atom stereocenters. The van der Waals surface area contributed by atoms with Crippen LogP contribution in [0.15, 0.2) is 42.6 Å². The molecule has 0 aliphatic heterocycles. The molecular weight excluding hydrogens is 301 g/mol. The molecule has 0 aliphatic carbocycles. The number of pyridine rings is 2. The van der Waals surface area contributed by atoms with Crippen LogP contribution in [-0.2, 0) is 6.42 Å². The predicted molar refractivity (Wildman–Crippen MR) is 97.0 cm³/mol. The van der Waals surface area contributed by atoms with Crippen LogP contribution >= 0.6 is 0 Å². The zero-order valence-electron chi connectivity index (χ0n) is 14.3. The highest BCUT2D eigenvalue weighted by Gasteiger charge is 2.15. The molecule has 0 amide bonds. The normalized spacial score (nSPS) is 12.3. The Morgan fingerprint density at radius 3 is 2.71 bits per heavy atom. The molecule has 4 heteroatoms. The number of anilines is 1. The Hall–Kier alpha value is -2.49. The van der Waals surface area contributed by atoms with Crippen molar-refractivity contribution in [3.05, 3.63) is 65.4 Å². The molecule has 0 saturated carbocycles. The van der Waals surface area contributed by atoms with E-state index in [1.165, 1.54) is 6.07 Å². The molecular formula is C20H22FN3. The van der Waals surface area contributed by atoms with Gasteiger partial charge < -0.3 is 5.32 Å². The fraction of sp³-hybridized carbons (Fsp3) is 0.300. The van der Waals surface area contributed by atoms with Gasteiger partial charge in [0.05, 0.1) is 11.2 Å². The van der Waals surface area contributed by atoms with E-state index < -0.39 is 0 Å². The summed E-state index contributed by atoms with van der Waals surface area (Å²) in [6.45, 7) is 6.80. The molecule has 1 aromatic carbocycles. The lowest BCUT2D eigenvalue weighted by Crippen LogP contribution is -2.14. The molecule has 0 radical (unpaired) electrons. The highest BCUT2D eigenvalue weighted by Crippen LogP contribution is 2.29. The van der Waals surface area contributed by atoms with Crippen LogP contribution < -0.4 is 5.32 Å². The summed E-state index contributed by atoms with van der Waals surface area (Å²) in [5.74, 6) is -0.278. The van der Waals surface area contributed by atoms with Crippen molar-refractivity contribution in [1.82, 2.24) is 9.97 Å². The number of nitrogens with one attached hydrogen (secondary N) is 1. The van der Waals surface area contributed by atoms with Crippen LogP contribution in [0.4, 0.5) is 10.1 Å². The molecule has 0 aliphatic rings. The van der Waals surface area contributed by atoms with Gasteiger partial charge in [0.2, 0.25) is 0 Å². The fourth-order valence-corrected chi connectivity index (χ4v) is 3.04. The first kappa shape index (κ1) is 16.4. The second-order valence-corrected chi connectivity index (χ2v) is 6.08. The smallest absolute Gasteiger partial charge is 0.145 e. The number of hydrogen-bond donors (Lipinski definition) is 1. The predicted octanol–water partition coefficient (Wildman–Crippen LogP) is 4.86. The molecule has 2 aromatic heterocycles. The lowest BCUT2D eigenvalue weighted by molar-refractivity contribution is 0.579. The van der Waals surface area contributed by atoms with Crippen LogP contribution in [0, 0.1) is 12.7 Å². The van der Waals surface area contributed by atoms with Crippen molar-refractivity contribution in [2.75, 3.05) is 11.9 Å². The number of benzene rings is 1. The van der Waals surface area contributed by atoms with Crippen LogP contribution in [0.3, 0.4) is 0 Å². The standard InChI is InChI=1S/C20H22FN3/c1-4-17-14(3)20(15-8-5-6-10-18(15)24-17)23-12-13(2)19-16(21)9-7-11-22-19/h5-11,13H,4,12H2,1-3H3,(H,23,24). The average Bonchev–Trinajstić information content (AvgIpc) is 2.60. The minimum Gasteiger partial charge on any atom is -0.384 e. The fourth-order valence-electron chi connectivity index (χ4n) is 3.04. The second-order valence-electron chi connectivity index (χ2n) is 6.08. The van der Waals surface area contributed by atoms with E-state index in [0.29, 0.717) is 12.2 Å². The molecule has 0 spiro atoms. The molecule has 0 fully saturated rings. The molecule has 1 N–H and O–H groups in total. The maximum absolute atomic E-state index is 13.9. The summed E-state index contributed by atoms with van der Waals surface area (Å²) < 4.78 is 13.9. The highest BCUT2D eigenvalue weighted by atomic mass is 19.1. The average molecular weight is 323 g/mol. The second kappa shape index (κ2) is 6.95. The van der Waals surface area contributed by atoms with Crippen molar-refractivity contribution in [3.8, 4) is 0 Å². The van der Waals surface area contributed by atoms with Crippen molar-refractivity contribution in [3.63, 3.8) is 0 Å². The number of para-hydroxylation sites is 1. The Morgan fingerprint density at radius 1 is 1.17 bits per heavy atom.